The van der Waals surface area contributed by atoms with E-state index in [1.807, 2.05) is 38.1 Å². The first kappa shape index (κ1) is 29.1. The molecule has 0 aliphatic rings. The maximum absolute atomic E-state index is 13.6. The number of alkyl halides is 3. The molecule has 0 aliphatic carbocycles. The monoisotopic (exact) mass is 583 g/mol. The van der Waals surface area contributed by atoms with E-state index >= 15 is 0 Å². The minimum atomic E-state index is -4.57. The number of carbonyl (C=O) groups is 1. The molecule has 0 saturated carbocycles. The largest absolute Gasteiger partial charge is 0.416 e. The number of halogens is 3. The lowest BCUT2D eigenvalue weighted by Gasteiger charge is -2.14. The quantitative estimate of drug-likeness (QED) is 0.182. The molecule has 0 spiro atoms. The molecule has 1 amide bonds. The summed E-state index contributed by atoms with van der Waals surface area (Å²) < 4.78 is 40.9. The molecule has 2 heterocycles. The summed E-state index contributed by atoms with van der Waals surface area (Å²) in [7, 11) is 1.67. The van der Waals surface area contributed by atoms with E-state index in [4.69, 9.17) is 0 Å². The Morgan fingerprint density at radius 3 is 2.35 bits per heavy atom. The summed E-state index contributed by atoms with van der Waals surface area (Å²) >= 11 is 0. The summed E-state index contributed by atoms with van der Waals surface area (Å²) in [4.78, 5) is 30.9. The Hall–Kier alpha value is -5.38. The maximum atomic E-state index is 13.6. The fourth-order valence-corrected chi connectivity index (χ4v) is 4.72. The van der Waals surface area contributed by atoms with Gasteiger partial charge in [-0.25, -0.2) is 4.98 Å². The molecule has 0 fully saturated rings. The van der Waals surface area contributed by atoms with Gasteiger partial charge in [-0.1, -0.05) is 24.8 Å². The maximum Gasteiger partial charge on any atom is 0.416 e. The van der Waals surface area contributed by atoms with Gasteiger partial charge in [-0.3, -0.25) is 9.59 Å². The first-order valence-electron chi connectivity index (χ1n) is 13.3. The van der Waals surface area contributed by atoms with Crippen LogP contribution in [-0.4, -0.2) is 15.5 Å². The molecular formula is C33H28F3N5O2. The van der Waals surface area contributed by atoms with Crippen molar-refractivity contribution >= 4 is 39.7 Å². The summed E-state index contributed by atoms with van der Waals surface area (Å²) in [5.41, 5.74) is 3.93. The fraction of sp³-hybridized carbons (Fsp3) is 0.121. The van der Waals surface area contributed by atoms with Gasteiger partial charge in [0.2, 0.25) is 0 Å². The number of nitrogens with zero attached hydrogens (tertiary/aromatic N) is 2. The minimum absolute atomic E-state index is 0.132. The van der Waals surface area contributed by atoms with Crippen LogP contribution in [0.3, 0.4) is 0 Å². The Morgan fingerprint density at radius 2 is 1.60 bits per heavy atom. The predicted molar refractivity (Wildman–Crippen MR) is 165 cm³/mol. The first-order valence-corrected chi connectivity index (χ1v) is 13.3. The smallest absolute Gasteiger partial charge is 0.360 e. The van der Waals surface area contributed by atoms with Crippen molar-refractivity contribution in [2.75, 3.05) is 16.0 Å². The first-order chi connectivity index (χ1) is 20.4. The van der Waals surface area contributed by atoms with Gasteiger partial charge in [0.25, 0.3) is 11.5 Å². The second kappa shape index (κ2) is 11.5. The van der Waals surface area contributed by atoms with Crippen molar-refractivity contribution in [1.82, 2.24) is 9.55 Å². The normalized spacial score (nSPS) is 11.3. The highest BCUT2D eigenvalue weighted by Crippen LogP contribution is 2.31. The van der Waals surface area contributed by atoms with E-state index in [1.54, 1.807) is 43.6 Å². The Labute approximate surface area is 245 Å². The number of nitrogens with one attached hydrogen (secondary N) is 3. The molecule has 5 rings (SSSR count). The van der Waals surface area contributed by atoms with Crippen LogP contribution in [0.2, 0.25) is 0 Å². The average molecular weight is 584 g/mol. The number of hydrogen-bond donors (Lipinski definition) is 3. The second-order valence-electron chi connectivity index (χ2n) is 10.2. The van der Waals surface area contributed by atoms with Crippen LogP contribution in [0.4, 0.5) is 36.1 Å². The lowest BCUT2D eigenvalue weighted by Crippen LogP contribution is -2.19. The molecule has 5 aromatic rings. The van der Waals surface area contributed by atoms with Crippen molar-refractivity contribution in [2.24, 2.45) is 7.05 Å². The zero-order valence-corrected chi connectivity index (χ0v) is 23.6. The van der Waals surface area contributed by atoms with Gasteiger partial charge in [0.1, 0.15) is 5.82 Å². The number of fused-ring (bicyclic) bond motifs is 1. The highest BCUT2D eigenvalue weighted by Gasteiger charge is 2.31. The van der Waals surface area contributed by atoms with Gasteiger partial charge in [-0.15, -0.1) is 0 Å². The Morgan fingerprint density at radius 1 is 0.884 bits per heavy atom. The zero-order valence-electron chi connectivity index (χ0n) is 23.6. The minimum Gasteiger partial charge on any atom is -0.360 e. The standard InChI is InChI=1S/C33H28F3N5O2/c1-19(2)38-24-9-6-10-25(15-24)39-30-17-29-22(18-37-30)14-28(32(43)41(29)4)27-16-26(12-11-20(27)3)40-31(42)21-7-5-8-23(13-21)33(34,35)36/h5-18,38H,1H2,2-4H3,(H,37,39)(H,40,42). The van der Waals surface area contributed by atoms with Crippen LogP contribution in [0.1, 0.15) is 28.4 Å². The number of anilines is 4. The number of benzene rings is 3. The van der Waals surface area contributed by atoms with E-state index in [0.717, 1.165) is 40.2 Å². The molecule has 3 N–H and O–H groups in total. The third-order valence-corrected chi connectivity index (χ3v) is 6.84. The molecule has 2 aromatic heterocycles. The number of aryl methyl sites for hydroxylation is 2. The van der Waals surface area contributed by atoms with Gasteiger partial charge in [-0.05, 0) is 79.6 Å². The van der Waals surface area contributed by atoms with E-state index in [2.05, 4.69) is 27.5 Å². The van der Waals surface area contributed by atoms with E-state index in [1.165, 1.54) is 16.7 Å². The van der Waals surface area contributed by atoms with Crippen LogP contribution >= 0.6 is 0 Å². The molecule has 43 heavy (non-hydrogen) atoms. The molecule has 0 atom stereocenters. The highest BCUT2D eigenvalue weighted by atomic mass is 19.4. The van der Waals surface area contributed by atoms with Crippen molar-refractivity contribution in [3.63, 3.8) is 0 Å². The Balaban J connectivity index is 1.44. The van der Waals surface area contributed by atoms with Crippen molar-refractivity contribution in [3.8, 4) is 11.1 Å². The lowest BCUT2D eigenvalue weighted by atomic mass is 9.99. The number of allylic oxidation sites excluding steroid dienone is 1. The van der Waals surface area contributed by atoms with E-state index in [-0.39, 0.29) is 11.1 Å². The van der Waals surface area contributed by atoms with Gasteiger partial charge < -0.3 is 20.5 Å². The summed E-state index contributed by atoms with van der Waals surface area (Å²) in [6.45, 7) is 7.56. The molecule has 0 bridgehead atoms. The highest BCUT2D eigenvalue weighted by molar-refractivity contribution is 6.04. The molecular weight excluding hydrogens is 555 g/mol. The van der Waals surface area contributed by atoms with Crippen LogP contribution in [0.15, 0.2) is 102 Å². The number of rotatable bonds is 7. The number of hydrogen-bond acceptors (Lipinski definition) is 5. The van der Waals surface area contributed by atoms with Gasteiger partial charge >= 0.3 is 6.18 Å². The van der Waals surface area contributed by atoms with Crippen molar-refractivity contribution in [3.05, 3.63) is 124 Å². The summed E-state index contributed by atoms with van der Waals surface area (Å²) in [5, 5.41) is 9.80. The zero-order chi connectivity index (χ0) is 30.9. The molecule has 0 radical (unpaired) electrons. The van der Waals surface area contributed by atoms with E-state index in [9.17, 15) is 22.8 Å². The molecule has 3 aromatic carbocycles. The number of pyridine rings is 2. The number of amides is 1. The summed E-state index contributed by atoms with van der Waals surface area (Å²) in [6, 6.07) is 20.4. The van der Waals surface area contributed by atoms with Gasteiger partial charge in [0, 0.05) is 58.6 Å². The van der Waals surface area contributed by atoms with E-state index in [0.29, 0.717) is 28.1 Å². The summed E-state index contributed by atoms with van der Waals surface area (Å²) in [5.74, 6) is -0.143. The van der Waals surface area contributed by atoms with Crippen LogP contribution < -0.4 is 21.5 Å². The molecule has 218 valence electrons. The molecule has 10 heteroatoms. The van der Waals surface area contributed by atoms with Crippen LogP contribution in [-0.2, 0) is 13.2 Å². The average Bonchev–Trinajstić information content (AvgIpc) is 2.96. The fourth-order valence-electron chi connectivity index (χ4n) is 4.72. The van der Waals surface area contributed by atoms with Crippen LogP contribution in [0, 0.1) is 6.92 Å². The summed E-state index contributed by atoms with van der Waals surface area (Å²) in [6.07, 6.45) is -2.90. The van der Waals surface area contributed by atoms with Crippen molar-refractivity contribution < 1.29 is 18.0 Å². The van der Waals surface area contributed by atoms with Crippen LogP contribution in [0.5, 0.6) is 0 Å². The third kappa shape index (κ3) is 6.43. The third-order valence-electron chi connectivity index (χ3n) is 6.84. The molecule has 0 aliphatic heterocycles. The van der Waals surface area contributed by atoms with Gasteiger partial charge in [0.05, 0.1) is 11.1 Å². The molecule has 7 nitrogen and oxygen atoms in total. The van der Waals surface area contributed by atoms with Crippen molar-refractivity contribution in [2.45, 2.75) is 20.0 Å². The van der Waals surface area contributed by atoms with Gasteiger partial charge in [-0.2, -0.15) is 13.2 Å². The van der Waals surface area contributed by atoms with Crippen molar-refractivity contribution in [1.29, 1.82) is 0 Å². The lowest BCUT2D eigenvalue weighted by molar-refractivity contribution is -0.137. The number of carbonyl (C=O) groups excluding carboxylic acids is 1. The topological polar surface area (TPSA) is 88.1 Å². The Kier molecular flexibility index (Phi) is 7.78. The molecule has 0 unspecified atom stereocenters. The predicted octanol–water partition coefficient (Wildman–Crippen LogP) is 7.87. The van der Waals surface area contributed by atoms with Crippen LogP contribution in [0.25, 0.3) is 22.0 Å². The SMILES string of the molecule is C=C(C)Nc1cccc(Nc2cc3c(cn2)cc(-c2cc(NC(=O)c4cccc(C(F)(F)F)c4)ccc2C)c(=O)n3C)c1. The van der Waals surface area contributed by atoms with E-state index < -0.39 is 17.6 Å². The second-order valence-corrected chi connectivity index (χ2v) is 10.2. The molecule has 0 saturated heterocycles. The number of aromatic nitrogens is 2. The Bertz CT molecular complexity index is 1950. The van der Waals surface area contributed by atoms with Gasteiger partial charge in [0.15, 0.2) is 0 Å².